The number of likely N-dealkylation sites (N-methyl/N-ethyl adjacent to an activating group) is 1. The normalized spacial score (nSPS) is 18.5. The van der Waals surface area contributed by atoms with E-state index in [4.69, 9.17) is 0 Å². The molecule has 1 saturated heterocycles. The van der Waals surface area contributed by atoms with Crippen molar-refractivity contribution < 1.29 is 18.0 Å². The first-order valence-corrected chi connectivity index (χ1v) is 12.9. The molecule has 2 fully saturated rings. The summed E-state index contributed by atoms with van der Waals surface area (Å²) < 4.78 is 40.9. The predicted molar refractivity (Wildman–Crippen MR) is 134 cm³/mol. The highest BCUT2D eigenvalue weighted by molar-refractivity contribution is 7.22. The summed E-state index contributed by atoms with van der Waals surface area (Å²) in [6.45, 7) is 4.27. The van der Waals surface area contributed by atoms with E-state index in [0.29, 0.717) is 22.9 Å². The fourth-order valence-corrected chi connectivity index (χ4v) is 5.90. The van der Waals surface area contributed by atoms with Gasteiger partial charge in [0.2, 0.25) is 5.91 Å². The van der Waals surface area contributed by atoms with E-state index in [1.54, 1.807) is 14.1 Å². The third kappa shape index (κ3) is 6.22. The molecule has 6 nitrogen and oxygen atoms in total. The highest BCUT2D eigenvalue weighted by atomic mass is 32.1. The van der Waals surface area contributed by atoms with Gasteiger partial charge >= 0.3 is 6.18 Å². The molecule has 0 radical (unpaired) electrons. The number of amides is 1. The molecule has 0 bridgehead atoms. The lowest BCUT2D eigenvalue weighted by Gasteiger charge is -2.37. The quantitative estimate of drug-likeness (QED) is 0.558. The highest BCUT2D eigenvalue weighted by Gasteiger charge is 2.32. The van der Waals surface area contributed by atoms with E-state index in [0.717, 1.165) is 37.7 Å². The van der Waals surface area contributed by atoms with Gasteiger partial charge in [-0.05, 0) is 42.5 Å². The lowest BCUT2D eigenvalue weighted by molar-refractivity contribution is -0.137. The molecule has 0 spiro atoms. The molecule has 1 aliphatic heterocycles. The van der Waals surface area contributed by atoms with Crippen molar-refractivity contribution in [3.63, 3.8) is 0 Å². The van der Waals surface area contributed by atoms with Crippen LogP contribution >= 0.6 is 11.3 Å². The summed E-state index contributed by atoms with van der Waals surface area (Å²) in [4.78, 5) is 34.9. The second-order valence-corrected chi connectivity index (χ2v) is 10.6. The van der Waals surface area contributed by atoms with Crippen LogP contribution in [0.25, 0.3) is 16.2 Å². The average molecular weight is 509 g/mol. The maximum absolute atomic E-state index is 13.5. The highest BCUT2D eigenvalue weighted by Crippen LogP contribution is 2.36. The van der Waals surface area contributed by atoms with Gasteiger partial charge in [0.1, 0.15) is 0 Å². The minimum Gasteiger partial charge on any atom is -0.345 e. The molecule has 1 amide bonds. The third-order valence-electron chi connectivity index (χ3n) is 6.80. The Kier molecular flexibility index (Phi) is 7.80. The molecule has 35 heavy (non-hydrogen) atoms. The van der Waals surface area contributed by atoms with Gasteiger partial charge in [0.25, 0.3) is 5.56 Å². The molecule has 1 aromatic heterocycles. The standard InChI is InChI=1S/C25H31F3N4O2S/c1-30(2)21(33)9-8-18-14-19(25(26,27)28)15-20-22(18)35-24(29-23(20)34)32-12-10-31(11-13-32)16-17-6-4-3-5-7-17/h8-9,14-15,17H,3-7,10-13,16H2,1-2H3/b9-8+. The van der Waals surface area contributed by atoms with Crippen LogP contribution in [0.3, 0.4) is 0 Å². The summed E-state index contributed by atoms with van der Waals surface area (Å²) in [6.07, 6.45) is 4.49. The first-order valence-electron chi connectivity index (χ1n) is 12.0. The van der Waals surface area contributed by atoms with Crippen LogP contribution in [0.1, 0.15) is 43.2 Å². The van der Waals surface area contributed by atoms with Crippen LogP contribution in [0.2, 0.25) is 0 Å². The summed E-state index contributed by atoms with van der Waals surface area (Å²) in [7, 11) is 3.12. The Morgan fingerprint density at radius 1 is 1.14 bits per heavy atom. The third-order valence-corrected chi connectivity index (χ3v) is 7.99. The second-order valence-electron chi connectivity index (χ2n) is 9.60. The average Bonchev–Trinajstić information content (AvgIpc) is 2.82. The van der Waals surface area contributed by atoms with Gasteiger partial charge in [-0.1, -0.05) is 30.6 Å². The van der Waals surface area contributed by atoms with E-state index >= 15 is 0 Å². The number of rotatable bonds is 5. The molecule has 1 aliphatic carbocycles. The summed E-state index contributed by atoms with van der Waals surface area (Å²) >= 11 is 1.20. The van der Waals surface area contributed by atoms with E-state index in [1.165, 1.54) is 60.5 Å². The number of nitrogens with zero attached hydrogens (tertiary/aromatic N) is 4. The van der Waals surface area contributed by atoms with Gasteiger partial charge in [-0.3, -0.25) is 14.5 Å². The molecule has 0 atom stereocenters. The number of carbonyl (C=O) groups is 1. The Labute approximate surface area is 207 Å². The zero-order valence-corrected chi connectivity index (χ0v) is 20.9. The summed E-state index contributed by atoms with van der Waals surface area (Å²) in [5.74, 6) is 0.401. The molecule has 0 unspecified atom stereocenters. The number of alkyl halides is 3. The number of hydrogen-bond acceptors (Lipinski definition) is 6. The van der Waals surface area contributed by atoms with Gasteiger partial charge in [-0.25, -0.2) is 0 Å². The molecule has 1 aromatic carbocycles. The van der Waals surface area contributed by atoms with E-state index in [-0.39, 0.29) is 16.9 Å². The number of carbonyl (C=O) groups excluding carboxylic acids is 1. The number of benzene rings is 1. The number of aromatic nitrogens is 1. The van der Waals surface area contributed by atoms with Crippen molar-refractivity contribution in [3.05, 3.63) is 39.7 Å². The van der Waals surface area contributed by atoms with Gasteiger partial charge < -0.3 is 9.80 Å². The zero-order chi connectivity index (χ0) is 25.2. The van der Waals surface area contributed by atoms with Crippen LogP contribution in [0.5, 0.6) is 0 Å². The molecule has 4 rings (SSSR count). The second kappa shape index (κ2) is 10.7. The van der Waals surface area contributed by atoms with Crippen LogP contribution in [0.15, 0.2) is 23.0 Å². The number of hydrogen-bond donors (Lipinski definition) is 0. The fourth-order valence-electron chi connectivity index (χ4n) is 4.77. The smallest absolute Gasteiger partial charge is 0.345 e. The molecular weight excluding hydrogens is 477 g/mol. The number of halogens is 3. The van der Waals surface area contributed by atoms with Crippen LogP contribution in [0.4, 0.5) is 18.3 Å². The number of fused-ring (bicyclic) bond motifs is 1. The molecule has 2 heterocycles. The topological polar surface area (TPSA) is 56.8 Å². The van der Waals surface area contributed by atoms with E-state index in [1.807, 2.05) is 4.90 Å². The molecule has 2 aromatic rings. The Morgan fingerprint density at radius 2 is 1.83 bits per heavy atom. The van der Waals surface area contributed by atoms with Crippen molar-refractivity contribution >= 4 is 38.5 Å². The Morgan fingerprint density at radius 3 is 2.46 bits per heavy atom. The van der Waals surface area contributed by atoms with E-state index in [2.05, 4.69) is 9.88 Å². The van der Waals surface area contributed by atoms with Crippen LogP contribution in [-0.2, 0) is 11.0 Å². The van der Waals surface area contributed by atoms with Crippen molar-refractivity contribution in [2.45, 2.75) is 38.3 Å². The lowest BCUT2D eigenvalue weighted by Crippen LogP contribution is -2.48. The Balaban J connectivity index is 1.61. The molecule has 2 aliphatic rings. The maximum Gasteiger partial charge on any atom is 0.416 e. The molecule has 10 heteroatoms. The Hall–Kier alpha value is -2.46. The predicted octanol–water partition coefficient (Wildman–Crippen LogP) is 4.48. The summed E-state index contributed by atoms with van der Waals surface area (Å²) in [6, 6.07) is 1.85. The molecule has 1 saturated carbocycles. The van der Waals surface area contributed by atoms with Crippen molar-refractivity contribution in [2.24, 2.45) is 5.92 Å². The van der Waals surface area contributed by atoms with Crippen LogP contribution in [-0.4, -0.2) is 67.5 Å². The van der Waals surface area contributed by atoms with Crippen LogP contribution in [0, 0.1) is 5.92 Å². The lowest BCUT2D eigenvalue weighted by atomic mass is 9.89. The number of piperazine rings is 1. The Bertz CT molecular complexity index is 1150. The first-order chi connectivity index (χ1) is 16.6. The molecular formula is C25H31F3N4O2S. The monoisotopic (exact) mass is 508 g/mol. The SMILES string of the molecule is CN(C)C(=O)/C=C/c1cc(C(F)(F)F)cc2c(=O)nc(N3CCN(CC4CCCCC4)CC3)sc12. The van der Waals surface area contributed by atoms with Crippen molar-refractivity contribution in [3.8, 4) is 0 Å². The minimum atomic E-state index is -4.62. The molecule has 0 N–H and O–H groups in total. The largest absolute Gasteiger partial charge is 0.416 e. The van der Waals surface area contributed by atoms with Crippen molar-refractivity contribution in [2.75, 3.05) is 51.7 Å². The van der Waals surface area contributed by atoms with Gasteiger partial charge in [-0.15, -0.1) is 0 Å². The van der Waals surface area contributed by atoms with E-state index < -0.39 is 17.3 Å². The van der Waals surface area contributed by atoms with Gasteiger partial charge in [0, 0.05) is 52.9 Å². The maximum atomic E-state index is 13.5. The van der Waals surface area contributed by atoms with Crippen LogP contribution < -0.4 is 10.5 Å². The first kappa shape index (κ1) is 25.6. The fraction of sp³-hybridized carbons (Fsp3) is 0.560. The summed E-state index contributed by atoms with van der Waals surface area (Å²) in [5, 5.41) is 0.426. The summed E-state index contributed by atoms with van der Waals surface area (Å²) in [5.41, 5.74) is -1.43. The minimum absolute atomic E-state index is 0.0820. The van der Waals surface area contributed by atoms with Gasteiger partial charge in [0.15, 0.2) is 5.13 Å². The zero-order valence-electron chi connectivity index (χ0n) is 20.1. The van der Waals surface area contributed by atoms with Crippen molar-refractivity contribution in [1.29, 1.82) is 0 Å². The molecule has 190 valence electrons. The number of anilines is 1. The van der Waals surface area contributed by atoms with Crippen molar-refractivity contribution in [1.82, 2.24) is 14.8 Å². The van der Waals surface area contributed by atoms with Gasteiger partial charge in [-0.2, -0.15) is 18.2 Å². The van der Waals surface area contributed by atoms with Gasteiger partial charge in [0.05, 0.1) is 15.6 Å². The van der Waals surface area contributed by atoms with E-state index in [9.17, 15) is 22.8 Å².